The van der Waals surface area contributed by atoms with Gasteiger partial charge in [0.25, 0.3) is 5.91 Å². The zero-order valence-corrected chi connectivity index (χ0v) is 27.3. The zero-order chi connectivity index (χ0) is 31.3. The Hall–Kier alpha value is -3.64. The summed E-state index contributed by atoms with van der Waals surface area (Å²) in [6.07, 6.45) is 10.6. The number of halogens is 1. The van der Waals surface area contributed by atoms with Crippen molar-refractivity contribution in [2.24, 2.45) is 0 Å². The maximum absolute atomic E-state index is 12.9. The SMILES string of the molecule is CC(=O)Nc1nc2c(s1)-c1c(c(-c3cccnc3)nn1-c1ccc(C(=O)NC3CCCCC3)cc1Cl)CC2.CN1CCNCC1. The minimum Gasteiger partial charge on any atom is -0.349 e. The van der Waals surface area contributed by atoms with Crippen molar-refractivity contribution in [3.05, 3.63) is 64.6 Å². The molecule has 4 heterocycles. The molecule has 3 aliphatic rings. The molecule has 1 saturated heterocycles. The number of amides is 2. The van der Waals surface area contributed by atoms with Crippen molar-refractivity contribution in [3.8, 4) is 27.5 Å². The molecule has 1 saturated carbocycles. The summed E-state index contributed by atoms with van der Waals surface area (Å²) >= 11 is 8.26. The van der Waals surface area contributed by atoms with Crippen molar-refractivity contribution in [1.29, 1.82) is 0 Å². The number of nitrogens with one attached hydrogen (secondary N) is 3. The number of anilines is 1. The Labute approximate surface area is 272 Å². The van der Waals surface area contributed by atoms with Crippen LogP contribution in [-0.2, 0) is 17.6 Å². The fourth-order valence-electron chi connectivity index (χ4n) is 6.10. The monoisotopic (exact) mass is 646 g/mol. The minimum atomic E-state index is -0.161. The lowest BCUT2D eigenvalue weighted by molar-refractivity contribution is -0.114. The average Bonchev–Trinajstić information content (AvgIpc) is 3.63. The van der Waals surface area contributed by atoms with E-state index in [1.54, 1.807) is 24.5 Å². The third kappa shape index (κ3) is 7.27. The Morgan fingerprint density at radius 3 is 2.56 bits per heavy atom. The van der Waals surface area contributed by atoms with Gasteiger partial charge in [-0.05, 0) is 63.1 Å². The van der Waals surface area contributed by atoms with Gasteiger partial charge in [0.2, 0.25) is 5.91 Å². The van der Waals surface area contributed by atoms with Crippen LogP contribution in [0.5, 0.6) is 0 Å². The molecule has 2 amide bonds. The van der Waals surface area contributed by atoms with E-state index in [1.165, 1.54) is 37.8 Å². The van der Waals surface area contributed by atoms with Gasteiger partial charge >= 0.3 is 0 Å². The van der Waals surface area contributed by atoms with Crippen molar-refractivity contribution in [2.75, 3.05) is 38.5 Å². The Balaban J connectivity index is 0.000000452. The predicted molar refractivity (Wildman–Crippen MR) is 179 cm³/mol. The van der Waals surface area contributed by atoms with E-state index in [0.29, 0.717) is 21.4 Å². The number of aryl methyl sites for hydroxylation is 1. The molecule has 0 unspecified atom stereocenters. The molecule has 10 nitrogen and oxygen atoms in total. The first kappa shape index (κ1) is 31.3. The summed E-state index contributed by atoms with van der Waals surface area (Å²) < 4.78 is 1.84. The molecule has 12 heteroatoms. The first-order chi connectivity index (χ1) is 21.9. The molecule has 3 aromatic heterocycles. The van der Waals surface area contributed by atoms with Crippen LogP contribution >= 0.6 is 22.9 Å². The quantitative estimate of drug-likeness (QED) is 0.268. The number of carbonyl (C=O) groups excluding carboxylic acids is 2. The zero-order valence-electron chi connectivity index (χ0n) is 25.7. The third-order valence-electron chi connectivity index (χ3n) is 8.44. The molecule has 7 rings (SSSR count). The number of likely N-dealkylation sites (N-methyl/N-ethyl adjacent to an activating group) is 1. The van der Waals surface area contributed by atoms with Crippen molar-refractivity contribution < 1.29 is 9.59 Å². The van der Waals surface area contributed by atoms with Gasteiger partial charge in [0.05, 0.1) is 32.7 Å². The number of hydrogen-bond donors (Lipinski definition) is 3. The highest BCUT2D eigenvalue weighted by atomic mass is 35.5. The van der Waals surface area contributed by atoms with Gasteiger partial charge in [-0.2, -0.15) is 5.10 Å². The summed E-state index contributed by atoms with van der Waals surface area (Å²) in [5, 5.41) is 15.3. The van der Waals surface area contributed by atoms with E-state index in [0.717, 1.165) is 84.7 Å². The van der Waals surface area contributed by atoms with Crippen LogP contribution in [0.2, 0.25) is 5.02 Å². The van der Waals surface area contributed by atoms with Crippen LogP contribution in [0.1, 0.15) is 60.6 Å². The van der Waals surface area contributed by atoms with Crippen LogP contribution in [0, 0.1) is 0 Å². The van der Waals surface area contributed by atoms with Crippen molar-refractivity contribution in [3.63, 3.8) is 0 Å². The minimum absolute atomic E-state index is 0.103. The summed E-state index contributed by atoms with van der Waals surface area (Å²) in [5.41, 5.74) is 5.86. The third-order valence-corrected chi connectivity index (χ3v) is 9.77. The molecule has 2 fully saturated rings. The predicted octanol–water partition coefficient (Wildman–Crippen LogP) is 5.35. The topological polar surface area (TPSA) is 117 Å². The van der Waals surface area contributed by atoms with E-state index in [9.17, 15) is 9.59 Å². The summed E-state index contributed by atoms with van der Waals surface area (Å²) in [6.45, 7) is 6.22. The second-order valence-electron chi connectivity index (χ2n) is 11.8. The molecule has 0 radical (unpaired) electrons. The maximum atomic E-state index is 12.9. The highest BCUT2D eigenvalue weighted by molar-refractivity contribution is 7.19. The van der Waals surface area contributed by atoms with E-state index >= 15 is 0 Å². The smallest absolute Gasteiger partial charge is 0.251 e. The van der Waals surface area contributed by atoms with Gasteiger partial charge in [0.1, 0.15) is 0 Å². The summed E-state index contributed by atoms with van der Waals surface area (Å²) in [5.74, 6) is -0.264. The molecule has 4 aromatic rings. The Morgan fingerprint density at radius 1 is 1.09 bits per heavy atom. The Morgan fingerprint density at radius 2 is 1.89 bits per heavy atom. The molecule has 2 aliphatic carbocycles. The van der Waals surface area contributed by atoms with Gasteiger partial charge in [-0.3, -0.25) is 14.6 Å². The number of benzene rings is 1. The second kappa shape index (κ2) is 14.2. The normalized spacial score (nSPS) is 16.6. The number of rotatable bonds is 5. The van der Waals surface area contributed by atoms with Crippen LogP contribution in [0.15, 0.2) is 42.7 Å². The molecule has 1 aromatic carbocycles. The van der Waals surface area contributed by atoms with Crippen molar-refractivity contribution in [1.82, 2.24) is 35.3 Å². The molecule has 45 heavy (non-hydrogen) atoms. The van der Waals surface area contributed by atoms with Crippen LogP contribution in [-0.4, -0.2) is 75.7 Å². The Kier molecular flexibility index (Phi) is 9.89. The van der Waals surface area contributed by atoms with Gasteiger partial charge in [-0.15, -0.1) is 0 Å². The van der Waals surface area contributed by atoms with E-state index in [1.807, 2.05) is 22.9 Å². The molecule has 0 atom stereocenters. The number of aromatic nitrogens is 4. The van der Waals surface area contributed by atoms with Gasteiger partial charge in [0, 0.05) is 68.2 Å². The molecule has 0 spiro atoms. The lowest BCUT2D eigenvalue weighted by atomic mass is 9.95. The number of thiazole rings is 1. The molecule has 1 aliphatic heterocycles. The first-order valence-electron chi connectivity index (χ1n) is 15.7. The van der Waals surface area contributed by atoms with E-state index in [4.69, 9.17) is 16.7 Å². The lowest BCUT2D eigenvalue weighted by Gasteiger charge is -2.23. The van der Waals surface area contributed by atoms with Gasteiger partial charge in [-0.25, -0.2) is 9.67 Å². The summed E-state index contributed by atoms with van der Waals surface area (Å²) in [4.78, 5) is 36.9. The van der Waals surface area contributed by atoms with Gasteiger partial charge in [-0.1, -0.05) is 42.2 Å². The fourth-order valence-corrected chi connectivity index (χ4v) is 7.47. The molecular formula is C33H39ClN8O2S. The van der Waals surface area contributed by atoms with E-state index < -0.39 is 0 Å². The Bertz CT molecular complexity index is 1660. The highest BCUT2D eigenvalue weighted by Crippen LogP contribution is 2.44. The number of carbonyl (C=O) groups is 2. The lowest BCUT2D eigenvalue weighted by Crippen LogP contribution is -2.40. The standard InChI is InChI=1S/C28H27ClN6O2S.C5H12N2/c1-16(36)31-28-33-22-11-10-20-24(18-6-5-13-30-15-18)34-35(25(20)26(22)38-28)23-12-9-17(14-21(23)29)27(37)32-19-7-3-2-4-8-19;1-7-4-2-6-3-5-7/h5-6,9,12-15,19H,2-4,7-8,10-11H2,1H3,(H,32,37)(H,31,33,36);6H,2-5H2,1H3. The van der Waals surface area contributed by atoms with Crippen LogP contribution in [0.25, 0.3) is 27.5 Å². The summed E-state index contributed by atoms with van der Waals surface area (Å²) in [6, 6.07) is 9.47. The van der Waals surface area contributed by atoms with Crippen LogP contribution in [0.3, 0.4) is 0 Å². The number of hydrogen-bond acceptors (Lipinski definition) is 8. The average molecular weight is 647 g/mol. The van der Waals surface area contributed by atoms with E-state index in [2.05, 4.69) is 37.9 Å². The second-order valence-corrected chi connectivity index (χ2v) is 13.2. The van der Waals surface area contributed by atoms with Crippen LogP contribution in [0.4, 0.5) is 5.13 Å². The van der Waals surface area contributed by atoms with Crippen LogP contribution < -0.4 is 16.0 Å². The summed E-state index contributed by atoms with van der Waals surface area (Å²) in [7, 11) is 2.15. The number of fused-ring (bicyclic) bond motifs is 3. The molecule has 236 valence electrons. The maximum Gasteiger partial charge on any atom is 0.251 e. The highest BCUT2D eigenvalue weighted by Gasteiger charge is 2.31. The van der Waals surface area contributed by atoms with Gasteiger partial charge < -0.3 is 20.9 Å². The number of nitrogens with zero attached hydrogens (tertiary/aromatic N) is 5. The number of pyridine rings is 1. The largest absolute Gasteiger partial charge is 0.349 e. The molecule has 0 bridgehead atoms. The molecular weight excluding hydrogens is 608 g/mol. The fraction of sp³-hybridized carbons (Fsp3) is 0.424. The van der Waals surface area contributed by atoms with E-state index in [-0.39, 0.29) is 17.9 Å². The molecule has 3 N–H and O–H groups in total. The van der Waals surface area contributed by atoms with Gasteiger partial charge in [0.15, 0.2) is 5.13 Å². The first-order valence-corrected chi connectivity index (χ1v) is 16.9. The van der Waals surface area contributed by atoms with Crippen molar-refractivity contribution >= 4 is 39.9 Å². The van der Waals surface area contributed by atoms with Crippen molar-refractivity contribution in [2.45, 2.75) is 57.9 Å². The number of piperazine rings is 1.